The summed E-state index contributed by atoms with van der Waals surface area (Å²) in [5, 5.41) is 12.4. The second kappa shape index (κ2) is 5.27. The number of carboxylic acids is 1. The van der Waals surface area contributed by atoms with E-state index in [2.05, 4.69) is 5.32 Å². The minimum Gasteiger partial charge on any atom is -0.478 e. The standard InChI is InChI=1S/C13H18N2O3/c1-18-11-7-3-6-10(11)15-12-8(13(16)17)4-2-5-9(12)14/h2,4-5,10-11,15H,3,6-7,14H2,1H3,(H,16,17). The zero-order chi connectivity index (χ0) is 13.1. The molecule has 0 heterocycles. The summed E-state index contributed by atoms with van der Waals surface area (Å²) in [6.45, 7) is 0. The van der Waals surface area contributed by atoms with Crippen LogP contribution in [-0.2, 0) is 4.74 Å². The summed E-state index contributed by atoms with van der Waals surface area (Å²) in [5.41, 5.74) is 7.02. The fourth-order valence-electron chi connectivity index (χ4n) is 2.47. The predicted molar refractivity (Wildman–Crippen MR) is 69.9 cm³/mol. The SMILES string of the molecule is COC1CCCC1Nc1c(N)cccc1C(=O)O. The maximum absolute atomic E-state index is 11.2. The molecule has 0 bridgehead atoms. The van der Waals surface area contributed by atoms with Gasteiger partial charge in [0, 0.05) is 7.11 Å². The normalized spacial score (nSPS) is 22.9. The van der Waals surface area contributed by atoms with Crippen molar-refractivity contribution in [3.05, 3.63) is 23.8 Å². The molecule has 2 atom stereocenters. The molecule has 1 saturated carbocycles. The first-order valence-corrected chi connectivity index (χ1v) is 6.04. The van der Waals surface area contributed by atoms with Crippen molar-refractivity contribution < 1.29 is 14.6 Å². The highest BCUT2D eigenvalue weighted by molar-refractivity contribution is 5.97. The third kappa shape index (κ3) is 2.41. The van der Waals surface area contributed by atoms with E-state index in [1.165, 1.54) is 0 Å². The fraction of sp³-hybridized carbons (Fsp3) is 0.462. The maximum Gasteiger partial charge on any atom is 0.337 e. The van der Waals surface area contributed by atoms with Crippen molar-refractivity contribution in [1.29, 1.82) is 0 Å². The zero-order valence-electron chi connectivity index (χ0n) is 10.3. The van der Waals surface area contributed by atoms with Crippen molar-refractivity contribution >= 4 is 17.3 Å². The molecule has 2 unspecified atom stereocenters. The minimum absolute atomic E-state index is 0.117. The highest BCUT2D eigenvalue weighted by atomic mass is 16.5. The van der Waals surface area contributed by atoms with Gasteiger partial charge in [-0.1, -0.05) is 6.07 Å². The Morgan fingerprint density at radius 1 is 1.50 bits per heavy atom. The van der Waals surface area contributed by atoms with Crippen LogP contribution in [0.5, 0.6) is 0 Å². The number of aromatic carboxylic acids is 1. The molecule has 18 heavy (non-hydrogen) atoms. The van der Waals surface area contributed by atoms with Crippen LogP contribution in [-0.4, -0.2) is 30.3 Å². The number of rotatable bonds is 4. The first-order valence-electron chi connectivity index (χ1n) is 6.04. The van der Waals surface area contributed by atoms with Crippen LogP contribution in [0.2, 0.25) is 0 Å². The van der Waals surface area contributed by atoms with Gasteiger partial charge in [-0.15, -0.1) is 0 Å². The Bertz CT molecular complexity index is 448. The maximum atomic E-state index is 11.2. The summed E-state index contributed by atoms with van der Waals surface area (Å²) in [6, 6.07) is 5.02. The molecule has 1 aromatic rings. The number of nitrogens with two attached hydrogens (primary N) is 1. The molecule has 98 valence electrons. The van der Waals surface area contributed by atoms with E-state index >= 15 is 0 Å². The number of nitrogen functional groups attached to an aromatic ring is 1. The summed E-state index contributed by atoms with van der Waals surface area (Å²) in [6.07, 6.45) is 3.15. The third-order valence-corrected chi connectivity index (χ3v) is 3.41. The average Bonchev–Trinajstić information content (AvgIpc) is 2.78. The van der Waals surface area contributed by atoms with Gasteiger partial charge < -0.3 is 20.9 Å². The number of nitrogens with one attached hydrogen (secondary N) is 1. The molecule has 0 saturated heterocycles. The Hall–Kier alpha value is -1.75. The molecule has 1 fully saturated rings. The monoisotopic (exact) mass is 250 g/mol. The van der Waals surface area contributed by atoms with Gasteiger partial charge in [-0.05, 0) is 31.4 Å². The van der Waals surface area contributed by atoms with Crippen molar-refractivity contribution in [2.45, 2.75) is 31.4 Å². The van der Waals surface area contributed by atoms with Crippen molar-refractivity contribution in [2.75, 3.05) is 18.2 Å². The molecular formula is C13H18N2O3. The number of methoxy groups -OCH3 is 1. The van der Waals surface area contributed by atoms with E-state index in [9.17, 15) is 4.79 Å². The highest BCUT2D eigenvalue weighted by Gasteiger charge is 2.28. The summed E-state index contributed by atoms with van der Waals surface area (Å²) < 4.78 is 5.39. The zero-order valence-corrected chi connectivity index (χ0v) is 10.3. The lowest BCUT2D eigenvalue weighted by Crippen LogP contribution is -2.30. The van der Waals surface area contributed by atoms with Gasteiger partial charge in [0.15, 0.2) is 0 Å². The largest absolute Gasteiger partial charge is 0.478 e. The van der Waals surface area contributed by atoms with Gasteiger partial charge in [-0.25, -0.2) is 4.79 Å². The van der Waals surface area contributed by atoms with E-state index in [0.29, 0.717) is 11.4 Å². The first kappa shape index (κ1) is 12.7. The van der Waals surface area contributed by atoms with Gasteiger partial charge in [0.25, 0.3) is 0 Å². The van der Waals surface area contributed by atoms with E-state index in [4.69, 9.17) is 15.6 Å². The molecule has 1 aromatic carbocycles. The molecule has 0 radical (unpaired) electrons. The third-order valence-electron chi connectivity index (χ3n) is 3.41. The van der Waals surface area contributed by atoms with E-state index in [1.54, 1.807) is 25.3 Å². The van der Waals surface area contributed by atoms with Crippen molar-refractivity contribution in [3.63, 3.8) is 0 Å². The lowest BCUT2D eigenvalue weighted by molar-refractivity contribution is 0.0697. The van der Waals surface area contributed by atoms with Gasteiger partial charge in [0.1, 0.15) is 0 Å². The molecule has 0 amide bonds. The van der Waals surface area contributed by atoms with Crippen LogP contribution in [0.3, 0.4) is 0 Å². The van der Waals surface area contributed by atoms with Crippen LogP contribution in [0.15, 0.2) is 18.2 Å². The molecule has 2 rings (SSSR count). The Morgan fingerprint density at radius 3 is 2.94 bits per heavy atom. The van der Waals surface area contributed by atoms with Crippen LogP contribution in [0.4, 0.5) is 11.4 Å². The number of benzene rings is 1. The molecule has 0 aromatic heterocycles. The minimum atomic E-state index is -0.975. The van der Waals surface area contributed by atoms with Gasteiger partial charge >= 0.3 is 5.97 Å². The Kier molecular flexibility index (Phi) is 3.72. The molecule has 0 aliphatic heterocycles. The lowest BCUT2D eigenvalue weighted by Gasteiger charge is -2.22. The quantitative estimate of drug-likeness (QED) is 0.711. The molecule has 5 heteroatoms. The smallest absolute Gasteiger partial charge is 0.337 e. The summed E-state index contributed by atoms with van der Waals surface area (Å²) >= 11 is 0. The van der Waals surface area contributed by atoms with Crippen LogP contribution < -0.4 is 11.1 Å². The average molecular weight is 250 g/mol. The van der Waals surface area contributed by atoms with Crippen LogP contribution in [0.1, 0.15) is 29.6 Å². The molecule has 5 nitrogen and oxygen atoms in total. The molecule has 4 N–H and O–H groups in total. The molecule has 1 aliphatic carbocycles. The van der Waals surface area contributed by atoms with E-state index in [-0.39, 0.29) is 17.7 Å². The topological polar surface area (TPSA) is 84.6 Å². The van der Waals surface area contributed by atoms with Crippen molar-refractivity contribution in [3.8, 4) is 0 Å². The van der Waals surface area contributed by atoms with Gasteiger partial charge in [0.05, 0.1) is 29.1 Å². The van der Waals surface area contributed by atoms with E-state index in [1.807, 2.05) is 0 Å². The van der Waals surface area contributed by atoms with Gasteiger partial charge in [0.2, 0.25) is 0 Å². The summed E-state index contributed by atoms with van der Waals surface area (Å²) in [5.74, 6) is -0.975. The van der Waals surface area contributed by atoms with Gasteiger partial charge in [-0.3, -0.25) is 0 Å². The summed E-state index contributed by atoms with van der Waals surface area (Å²) in [4.78, 5) is 11.2. The number of hydrogen-bond donors (Lipinski definition) is 3. The highest BCUT2D eigenvalue weighted by Crippen LogP contribution is 2.30. The predicted octanol–water partition coefficient (Wildman–Crippen LogP) is 1.95. The number of ether oxygens (including phenoxy) is 1. The number of para-hydroxylation sites is 1. The fourth-order valence-corrected chi connectivity index (χ4v) is 2.47. The number of anilines is 2. The second-order valence-corrected chi connectivity index (χ2v) is 4.53. The second-order valence-electron chi connectivity index (χ2n) is 4.53. The molecular weight excluding hydrogens is 232 g/mol. The van der Waals surface area contributed by atoms with Crippen LogP contribution in [0, 0.1) is 0 Å². The number of carbonyl (C=O) groups is 1. The molecule has 0 spiro atoms. The van der Waals surface area contributed by atoms with Crippen molar-refractivity contribution in [2.24, 2.45) is 0 Å². The number of carboxylic acid groups (broad SMARTS) is 1. The summed E-state index contributed by atoms with van der Waals surface area (Å²) in [7, 11) is 1.68. The number of hydrogen-bond acceptors (Lipinski definition) is 4. The van der Waals surface area contributed by atoms with E-state index < -0.39 is 5.97 Å². The Morgan fingerprint density at radius 2 is 2.28 bits per heavy atom. The molecule has 1 aliphatic rings. The Labute approximate surface area is 106 Å². The van der Waals surface area contributed by atoms with E-state index in [0.717, 1.165) is 19.3 Å². The van der Waals surface area contributed by atoms with Gasteiger partial charge in [-0.2, -0.15) is 0 Å². The first-order chi connectivity index (χ1) is 8.63. The van der Waals surface area contributed by atoms with Crippen LogP contribution >= 0.6 is 0 Å². The Balaban J connectivity index is 2.25. The van der Waals surface area contributed by atoms with Crippen molar-refractivity contribution in [1.82, 2.24) is 0 Å². The van der Waals surface area contributed by atoms with Crippen LogP contribution in [0.25, 0.3) is 0 Å². The lowest BCUT2D eigenvalue weighted by atomic mass is 10.1.